The number of anilines is 3. The van der Waals surface area contributed by atoms with E-state index in [1.807, 2.05) is 54.6 Å². The lowest BCUT2D eigenvalue weighted by molar-refractivity contribution is 0.133. The number of carbonyl (C=O) groups is 1. The van der Waals surface area contributed by atoms with E-state index in [-0.39, 0.29) is 6.04 Å². The first-order valence-corrected chi connectivity index (χ1v) is 12.0. The number of carboxylic acid groups (broad SMARTS) is 1. The van der Waals surface area contributed by atoms with Crippen molar-refractivity contribution in [2.45, 2.75) is 32.0 Å². The predicted molar refractivity (Wildman–Crippen MR) is 141 cm³/mol. The van der Waals surface area contributed by atoms with E-state index in [0.717, 1.165) is 41.2 Å². The average molecular weight is 492 g/mol. The molecule has 0 unspecified atom stereocenters. The Morgan fingerprint density at radius 3 is 2.17 bits per heavy atom. The molecule has 190 valence electrons. The van der Waals surface area contributed by atoms with E-state index < -0.39 is 6.09 Å². The summed E-state index contributed by atoms with van der Waals surface area (Å²) in [6.45, 7) is 2.16. The number of methoxy groups -OCH3 is 2. The molecule has 9 heteroatoms. The van der Waals surface area contributed by atoms with Gasteiger partial charge in [-0.1, -0.05) is 24.3 Å². The quantitative estimate of drug-likeness (QED) is 0.403. The Bertz CT molecular complexity index is 1100. The van der Waals surface area contributed by atoms with Crippen molar-refractivity contribution in [2.24, 2.45) is 0 Å². The van der Waals surface area contributed by atoms with Gasteiger partial charge < -0.3 is 35.4 Å². The molecule has 1 aliphatic heterocycles. The van der Waals surface area contributed by atoms with E-state index >= 15 is 0 Å². The third-order valence-corrected chi connectivity index (χ3v) is 6.39. The van der Waals surface area contributed by atoms with Crippen molar-refractivity contribution in [1.82, 2.24) is 9.88 Å². The van der Waals surface area contributed by atoms with E-state index in [2.05, 4.69) is 15.2 Å². The Morgan fingerprint density at radius 2 is 1.64 bits per heavy atom. The molecule has 1 atom stereocenters. The van der Waals surface area contributed by atoms with E-state index in [0.29, 0.717) is 37.7 Å². The number of hydrogen-bond acceptors (Lipinski definition) is 7. The van der Waals surface area contributed by atoms with Gasteiger partial charge in [0.1, 0.15) is 11.5 Å². The van der Waals surface area contributed by atoms with Crippen molar-refractivity contribution in [3.05, 3.63) is 71.9 Å². The number of nitrogens with zero attached hydrogens (tertiary/aromatic N) is 3. The summed E-state index contributed by atoms with van der Waals surface area (Å²) in [5, 5.41) is 12.8. The molecule has 4 N–H and O–H groups in total. The summed E-state index contributed by atoms with van der Waals surface area (Å²) < 4.78 is 10.6. The van der Waals surface area contributed by atoms with Crippen LogP contribution in [0.2, 0.25) is 0 Å². The molecule has 1 aromatic heterocycles. The van der Waals surface area contributed by atoms with Crippen LogP contribution in [0, 0.1) is 0 Å². The molecule has 1 saturated heterocycles. The molecule has 36 heavy (non-hydrogen) atoms. The number of nitrogens with one attached hydrogen (secondary N) is 1. The van der Waals surface area contributed by atoms with Gasteiger partial charge >= 0.3 is 6.09 Å². The minimum Gasteiger partial charge on any atom is -0.497 e. The second-order valence-corrected chi connectivity index (χ2v) is 8.86. The lowest BCUT2D eigenvalue weighted by atomic mass is 10.1. The van der Waals surface area contributed by atoms with Gasteiger partial charge in [-0.3, -0.25) is 0 Å². The SMILES string of the molecule is COc1ccc(CN(Cc2ccc(OC)cc2)c2nccc(N[C@@H]3CCCN(C(=O)O)C3)c2N)cc1. The molecule has 0 spiro atoms. The van der Waals surface area contributed by atoms with Crippen molar-refractivity contribution in [1.29, 1.82) is 0 Å². The lowest BCUT2D eigenvalue weighted by Gasteiger charge is -2.32. The summed E-state index contributed by atoms with van der Waals surface area (Å²) >= 11 is 0. The Hall–Kier alpha value is -4.14. The van der Waals surface area contributed by atoms with Crippen LogP contribution in [-0.2, 0) is 13.1 Å². The van der Waals surface area contributed by atoms with Crippen LogP contribution in [0.15, 0.2) is 60.8 Å². The fourth-order valence-corrected chi connectivity index (χ4v) is 4.44. The van der Waals surface area contributed by atoms with Crippen molar-refractivity contribution in [3.8, 4) is 11.5 Å². The van der Waals surface area contributed by atoms with Crippen molar-refractivity contribution < 1.29 is 19.4 Å². The largest absolute Gasteiger partial charge is 0.497 e. The highest BCUT2D eigenvalue weighted by Crippen LogP contribution is 2.32. The number of likely N-dealkylation sites (tertiary alicyclic amines) is 1. The second kappa shape index (κ2) is 11.5. The number of aromatic nitrogens is 1. The van der Waals surface area contributed by atoms with Crippen LogP contribution in [0.5, 0.6) is 11.5 Å². The fourth-order valence-electron chi connectivity index (χ4n) is 4.44. The van der Waals surface area contributed by atoms with Crippen LogP contribution < -0.4 is 25.4 Å². The number of benzene rings is 2. The van der Waals surface area contributed by atoms with Gasteiger partial charge in [0.25, 0.3) is 0 Å². The van der Waals surface area contributed by atoms with Gasteiger partial charge in [0.15, 0.2) is 5.82 Å². The highest BCUT2D eigenvalue weighted by atomic mass is 16.5. The Labute approximate surface area is 211 Å². The predicted octanol–water partition coefficient (Wildman–Crippen LogP) is 4.44. The molecule has 4 rings (SSSR count). The van der Waals surface area contributed by atoms with E-state index in [1.165, 1.54) is 4.90 Å². The molecular weight excluding hydrogens is 458 g/mol. The molecule has 2 aromatic carbocycles. The van der Waals surface area contributed by atoms with Gasteiger partial charge in [-0.25, -0.2) is 9.78 Å². The number of piperidine rings is 1. The first-order valence-electron chi connectivity index (χ1n) is 12.0. The number of amides is 1. The number of hydrogen-bond donors (Lipinski definition) is 3. The van der Waals surface area contributed by atoms with Crippen molar-refractivity contribution >= 4 is 23.3 Å². The van der Waals surface area contributed by atoms with Crippen LogP contribution in [0.4, 0.5) is 22.0 Å². The third kappa shape index (κ3) is 6.10. The molecule has 0 aliphatic carbocycles. The lowest BCUT2D eigenvalue weighted by Crippen LogP contribution is -2.44. The highest BCUT2D eigenvalue weighted by molar-refractivity contribution is 5.78. The maximum absolute atomic E-state index is 11.4. The first kappa shape index (κ1) is 25.0. The zero-order chi connectivity index (χ0) is 25.5. The molecular formula is C27H33N5O4. The first-order chi connectivity index (χ1) is 17.5. The summed E-state index contributed by atoms with van der Waals surface area (Å²) in [6, 6.07) is 17.7. The molecule has 1 fully saturated rings. The van der Waals surface area contributed by atoms with Gasteiger partial charge in [0.2, 0.25) is 0 Å². The molecule has 0 radical (unpaired) electrons. The van der Waals surface area contributed by atoms with Gasteiger partial charge in [0.05, 0.1) is 25.6 Å². The zero-order valence-electron chi connectivity index (χ0n) is 20.7. The third-order valence-electron chi connectivity index (χ3n) is 6.39. The van der Waals surface area contributed by atoms with Gasteiger partial charge in [-0.2, -0.15) is 0 Å². The summed E-state index contributed by atoms with van der Waals surface area (Å²) in [6.07, 6.45) is 2.53. The van der Waals surface area contributed by atoms with E-state index in [9.17, 15) is 9.90 Å². The highest BCUT2D eigenvalue weighted by Gasteiger charge is 2.24. The monoisotopic (exact) mass is 491 g/mol. The second-order valence-electron chi connectivity index (χ2n) is 8.86. The Kier molecular flexibility index (Phi) is 7.99. The molecule has 2 heterocycles. The maximum Gasteiger partial charge on any atom is 0.407 e. The van der Waals surface area contributed by atoms with E-state index in [1.54, 1.807) is 20.4 Å². The van der Waals surface area contributed by atoms with Crippen LogP contribution in [0.3, 0.4) is 0 Å². The minimum absolute atomic E-state index is 0.0102. The molecule has 0 bridgehead atoms. The normalized spacial score (nSPS) is 15.3. The molecule has 9 nitrogen and oxygen atoms in total. The zero-order valence-corrected chi connectivity index (χ0v) is 20.7. The standard InChI is InChI=1S/C27H33N5O4/c1-35-22-9-5-19(6-10-22)16-32(17-20-7-11-23(36-2)12-8-20)26-25(28)24(13-14-29-26)30-21-4-3-15-31(18-21)27(33)34/h5-14,21H,3-4,15-18,28H2,1-2H3,(H,29,30)(H,33,34)/t21-/m1/s1. The molecule has 1 aliphatic rings. The Morgan fingerprint density at radius 1 is 1.06 bits per heavy atom. The molecule has 3 aromatic rings. The topological polar surface area (TPSA) is 113 Å². The number of ether oxygens (including phenoxy) is 2. The van der Waals surface area contributed by atoms with Crippen LogP contribution >= 0.6 is 0 Å². The number of nitrogen functional groups attached to an aromatic ring is 1. The molecule has 0 saturated carbocycles. The Balaban J connectivity index is 1.60. The minimum atomic E-state index is -0.893. The van der Waals surface area contributed by atoms with Crippen molar-refractivity contribution in [3.63, 3.8) is 0 Å². The van der Waals surface area contributed by atoms with Gasteiger partial charge in [-0.05, 0) is 54.3 Å². The van der Waals surface area contributed by atoms with Crippen LogP contribution in [0.25, 0.3) is 0 Å². The fraction of sp³-hybridized carbons (Fsp3) is 0.333. The average Bonchev–Trinajstić information content (AvgIpc) is 2.90. The van der Waals surface area contributed by atoms with Crippen LogP contribution in [0.1, 0.15) is 24.0 Å². The summed E-state index contributed by atoms with van der Waals surface area (Å²) in [7, 11) is 3.30. The number of pyridine rings is 1. The van der Waals surface area contributed by atoms with Gasteiger partial charge in [0, 0.05) is 38.4 Å². The summed E-state index contributed by atoms with van der Waals surface area (Å²) in [4.78, 5) is 19.7. The van der Waals surface area contributed by atoms with Crippen molar-refractivity contribution in [2.75, 3.05) is 43.3 Å². The maximum atomic E-state index is 11.4. The van der Waals surface area contributed by atoms with Crippen LogP contribution in [-0.4, -0.2) is 54.4 Å². The van der Waals surface area contributed by atoms with Gasteiger partial charge in [-0.15, -0.1) is 0 Å². The summed E-state index contributed by atoms with van der Waals surface area (Å²) in [5.74, 6) is 2.26. The number of rotatable bonds is 9. The smallest absolute Gasteiger partial charge is 0.407 e. The van der Waals surface area contributed by atoms with E-state index in [4.69, 9.17) is 15.2 Å². The molecule has 1 amide bonds. The number of nitrogens with two attached hydrogens (primary N) is 1. The summed E-state index contributed by atoms with van der Waals surface area (Å²) in [5.41, 5.74) is 10.1.